The highest BCUT2D eigenvalue weighted by Crippen LogP contribution is 1.88. The molecule has 0 spiro atoms. The predicted molar refractivity (Wildman–Crippen MR) is 156 cm³/mol. The summed E-state index contributed by atoms with van der Waals surface area (Å²) in [6.45, 7) is 13.3. The monoisotopic (exact) mass is 625 g/mol. The van der Waals surface area contributed by atoms with Crippen molar-refractivity contribution in [2.24, 2.45) is 7.05 Å². The van der Waals surface area contributed by atoms with E-state index in [9.17, 15) is 0 Å². The summed E-state index contributed by atoms with van der Waals surface area (Å²) in [6, 6.07) is 0. The molecule has 0 bridgehead atoms. The Morgan fingerprint density at radius 3 is 0.884 bits per heavy atom. The molecule has 0 amide bonds. The number of rotatable bonds is 36. The van der Waals surface area contributed by atoms with Crippen molar-refractivity contribution in [2.45, 2.75) is 6.54 Å². The fraction of sp³-hybridized carbons (Fsp3) is 0.897. The Kier molecular flexibility index (Phi) is 31.1. The first-order chi connectivity index (χ1) is 21.3. The first-order valence-corrected chi connectivity index (χ1v) is 15.2. The molecule has 43 heavy (non-hydrogen) atoms. The predicted octanol–water partition coefficient (Wildman–Crippen LogP) is 0.142. The second kappa shape index (κ2) is 33.6. The van der Waals surface area contributed by atoms with E-state index in [1.165, 1.54) is 0 Å². The number of ether oxygens (including phenoxy) is 12. The standard InChI is InChI=1S/C29H57N2O12/c1-30-3-4-31(29-30)5-6-33-9-10-35-13-14-37-17-18-39-21-22-41-25-26-43-28-27-42-24-23-40-20-19-38-16-15-36-12-11-34-8-7-32-2/h3-4,29H,5-28H2,1-2H3/q+1. The van der Waals surface area contributed by atoms with Crippen molar-refractivity contribution >= 4 is 0 Å². The lowest BCUT2D eigenvalue weighted by atomic mass is 10.6. The van der Waals surface area contributed by atoms with Crippen LogP contribution in [0.2, 0.25) is 0 Å². The third-order valence-corrected chi connectivity index (χ3v) is 5.47. The van der Waals surface area contributed by atoms with Gasteiger partial charge in [0.1, 0.15) is 18.9 Å². The highest BCUT2D eigenvalue weighted by molar-refractivity contribution is 4.65. The fourth-order valence-electron chi connectivity index (χ4n) is 3.25. The first-order valence-electron chi connectivity index (χ1n) is 15.2. The summed E-state index contributed by atoms with van der Waals surface area (Å²) in [7, 11) is 3.64. The molecule has 0 N–H and O–H groups in total. The topological polar surface area (TPSA) is 120 Å². The Balaban J connectivity index is 1.61. The SMILES string of the molecule is COCCOCCOCCOCCOCCOCCOCCOCCOCCOCCOCCOCCn1cc[n+](C)c1. The van der Waals surface area contributed by atoms with E-state index in [-0.39, 0.29) is 0 Å². The van der Waals surface area contributed by atoms with E-state index in [2.05, 4.69) is 4.57 Å². The van der Waals surface area contributed by atoms with Gasteiger partial charge in [-0.2, -0.15) is 0 Å². The first kappa shape index (κ1) is 39.8. The zero-order valence-corrected chi connectivity index (χ0v) is 26.5. The van der Waals surface area contributed by atoms with E-state index in [1.807, 2.05) is 30.3 Å². The summed E-state index contributed by atoms with van der Waals surface area (Å²) in [5.74, 6) is 0. The van der Waals surface area contributed by atoms with Crippen molar-refractivity contribution < 1.29 is 61.4 Å². The van der Waals surface area contributed by atoms with Crippen molar-refractivity contribution in [3.05, 3.63) is 18.7 Å². The van der Waals surface area contributed by atoms with Crippen LogP contribution in [0.25, 0.3) is 0 Å². The van der Waals surface area contributed by atoms with Gasteiger partial charge < -0.3 is 56.8 Å². The molecular formula is C29H57N2O12+. The van der Waals surface area contributed by atoms with Crippen molar-refractivity contribution in [3.63, 3.8) is 0 Å². The van der Waals surface area contributed by atoms with Crippen molar-refractivity contribution in [1.82, 2.24) is 4.57 Å². The van der Waals surface area contributed by atoms with Gasteiger partial charge in [0.25, 0.3) is 0 Å². The summed E-state index contributed by atoms with van der Waals surface area (Å²) in [5, 5.41) is 0. The zero-order valence-electron chi connectivity index (χ0n) is 26.5. The molecule has 0 aromatic carbocycles. The quantitative estimate of drug-likeness (QED) is 0.0746. The fourth-order valence-corrected chi connectivity index (χ4v) is 3.25. The maximum Gasteiger partial charge on any atom is 0.243 e. The number of methoxy groups -OCH3 is 1. The van der Waals surface area contributed by atoms with E-state index >= 15 is 0 Å². The van der Waals surface area contributed by atoms with Gasteiger partial charge >= 0.3 is 0 Å². The number of hydrogen-bond acceptors (Lipinski definition) is 12. The van der Waals surface area contributed by atoms with Crippen molar-refractivity contribution in [3.8, 4) is 0 Å². The van der Waals surface area contributed by atoms with Gasteiger partial charge in [0.15, 0.2) is 0 Å². The summed E-state index contributed by atoms with van der Waals surface area (Å²) in [5.41, 5.74) is 0. The molecule has 14 heteroatoms. The molecule has 254 valence electrons. The van der Waals surface area contributed by atoms with E-state index < -0.39 is 0 Å². The van der Waals surface area contributed by atoms with Crippen LogP contribution in [-0.4, -0.2) is 164 Å². The van der Waals surface area contributed by atoms with Gasteiger partial charge in [-0.25, -0.2) is 9.13 Å². The van der Waals surface area contributed by atoms with Crippen LogP contribution < -0.4 is 4.57 Å². The Bertz CT molecular complexity index is 671. The molecule has 1 aromatic rings. The highest BCUT2D eigenvalue weighted by Gasteiger charge is 2.00. The molecule has 0 aliphatic carbocycles. The average molecular weight is 626 g/mol. The Morgan fingerprint density at radius 1 is 0.395 bits per heavy atom. The molecule has 0 fully saturated rings. The van der Waals surface area contributed by atoms with Gasteiger partial charge in [0.2, 0.25) is 6.33 Å². The summed E-state index contributed by atoms with van der Waals surface area (Å²) < 4.78 is 69.0. The summed E-state index contributed by atoms with van der Waals surface area (Å²) >= 11 is 0. The molecule has 0 saturated heterocycles. The Labute approximate surface area is 257 Å². The molecule has 1 aromatic heterocycles. The van der Waals surface area contributed by atoms with Gasteiger partial charge in [-0.3, -0.25) is 0 Å². The third kappa shape index (κ3) is 30.5. The van der Waals surface area contributed by atoms with Gasteiger partial charge in [0.05, 0.1) is 159 Å². The minimum absolute atomic E-state index is 0.516. The van der Waals surface area contributed by atoms with Crippen LogP contribution in [0.3, 0.4) is 0 Å². The minimum Gasteiger partial charge on any atom is -0.382 e. The summed E-state index contributed by atoms with van der Waals surface area (Å²) in [4.78, 5) is 0. The van der Waals surface area contributed by atoms with Crippen LogP contribution in [0, 0.1) is 0 Å². The van der Waals surface area contributed by atoms with Crippen LogP contribution in [0.1, 0.15) is 0 Å². The molecule has 0 saturated carbocycles. The second-order valence-corrected chi connectivity index (χ2v) is 9.05. The maximum absolute atomic E-state index is 5.56. The van der Waals surface area contributed by atoms with Crippen LogP contribution >= 0.6 is 0 Å². The maximum atomic E-state index is 5.56. The number of imidazole rings is 1. The highest BCUT2D eigenvalue weighted by atomic mass is 16.6. The Hall–Kier alpha value is -1.27. The zero-order chi connectivity index (χ0) is 30.7. The smallest absolute Gasteiger partial charge is 0.243 e. The minimum atomic E-state index is 0.516. The van der Waals surface area contributed by atoms with Gasteiger partial charge in [0, 0.05) is 7.11 Å². The lowest BCUT2D eigenvalue weighted by Gasteiger charge is -2.09. The van der Waals surface area contributed by atoms with E-state index in [0.717, 1.165) is 6.54 Å². The summed E-state index contributed by atoms with van der Waals surface area (Å²) in [6.07, 6.45) is 6.04. The Morgan fingerprint density at radius 2 is 0.651 bits per heavy atom. The molecule has 0 radical (unpaired) electrons. The largest absolute Gasteiger partial charge is 0.382 e. The molecule has 1 rings (SSSR count). The van der Waals surface area contributed by atoms with Crippen molar-refractivity contribution in [2.75, 3.05) is 159 Å². The molecule has 0 atom stereocenters. The van der Waals surface area contributed by atoms with Gasteiger partial charge in [-0.05, 0) is 0 Å². The lowest BCUT2D eigenvalue weighted by Crippen LogP contribution is -2.24. The van der Waals surface area contributed by atoms with E-state index in [4.69, 9.17) is 56.8 Å². The number of aryl methyl sites for hydroxylation is 1. The molecule has 1 heterocycles. The second-order valence-electron chi connectivity index (χ2n) is 9.05. The number of aromatic nitrogens is 2. The number of hydrogen-bond donors (Lipinski definition) is 0. The van der Waals surface area contributed by atoms with E-state index in [1.54, 1.807) is 7.11 Å². The molecule has 0 aliphatic rings. The van der Waals surface area contributed by atoms with Crippen LogP contribution in [0.5, 0.6) is 0 Å². The van der Waals surface area contributed by atoms with Crippen LogP contribution in [0.4, 0.5) is 0 Å². The van der Waals surface area contributed by atoms with Gasteiger partial charge in [-0.1, -0.05) is 0 Å². The number of nitrogens with zero attached hydrogens (tertiary/aromatic N) is 2. The molecular weight excluding hydrogens is 568 g/mol. The van der Waals surface area contributed by atoms with E-state index in [0.29, 0.717) is 152 Å². The lowest BCUT2D eigenvalue weighted by molar-refractivity contribution is -0.671. The molecule has 0 unspecified atom stereocenters. The van der Waals surface area contributed by atoms with Gasteiger partial charge in [-0.15, -0.1) is 0 Å². The third-order valence-electron chi connectivity index (χ3n) is 5.47. The normalized spacial score (nSPS) is 11.6. The van der Waals surface area contributed by atoms with Crippen LogP contribution in [0.15, 0.2) is 18.7 Å². The average Bonchev–Trinajstić information content (AvgIpc) is 3.43. The van der Waals surface area contributed by atoms with Crippen LogP contribution in [-0.2, 0) is 70.4 Å². The molecule has 0 aliphatic heterocycles. The molecule has 14 nitrogen and oxygen atoms in total. The van der Waals surface area contributed by atoms with Crippen molar-refractivity contribution in [1.29, 1.82) is 0 Å².